The molecule has 1 aliphatic carbocycles. The van der Waals surface area contributed by atoms with Gasteiger partial charge in [-0.15, -0.1) is 0 Å². The molecule has 1 aromatic heterocycles. The van der Waals surface area contributed by atoms with Gasteiger partial charge in [-0.2, -0.15) is 0 Å². The fourth-order valence-electron chi connectivity index (χ4n) is 3.09. The average molecular weight is 309 g/mol. The molecule has 0 saturated heterocycles. The standard InChI is InChI=1S/C16H27N3O3/c1-11-13(12(2)22-19-11)7-6-10-17-16(20)18-14-8-4-5-9-15(14)21-3/h14-15H,4-10H2,1-3H3,(H2,17,18,20). The third-order valence-electron chi connectivity index (χ3n) is 4.39. The van der Waals surface area contributed by atoms with Gasteiger partial charge in [0, 0.05) is 19.2 Å². The molecule has 0 bridgehead atoms. The number of hydrogen-bond donors (Lipinski definition) is 2. The normalized spacial score (nSPS) is 21.6. The molecule has 1 aromatic rings. The smallest absolute Gasteiger partial charge is 0.315 e. The van der Waals surface area contributed by atoms with Crippen LogP contribution >= 0.6 is 0 Å². The van der Waals surface area contributed by atoms with Crippen LogP contribution < -0.4 is 10.6 Å². The van der Waals surface area contributed by atoms with Crippen molar-refractivity contribution >= 4 is 6.03 Å². The topological polar surface area (TPSA) is 76.4 Å². The van der Waals surface area contributed by atoms with Crippen molar-refractivity contribution in [3.8, 4) is 0 Å². The molecular formula is C16H27N3O3. The largest absolute Gasteiger partial charge is 0.379 e. The second-order valence-electron chi connectivity index (χ2n) is 5.97. The van der Waals surface area contributed by atoms with E-state index in [9.17, 15) is 4.79 Å². The summed E-state index contributed by atoms with van der Waals surface area (Å²) in [5.41, 5.74) is 2.08. The van der Waals surface area contributed by atoms with Crippen LogP contribution in [0, 0.1) is 13.8 Å². The predicted molar refractivity (Wildman–Crippen MR) is 83.9 cm³/mol. The van der Waals surface area contributed by atoms with Gasteiger partial charge in [-0.25, -0.2) is 4.79 Å². The van der Waals surface area contributed by atoms with Gasteiger partial charge >= 0.3 is 6.03 Å². The van der Waals surface area contributed by atoms with Crippen LogP contribution in [0.15, 0.2) is 4.52 Å². The predicted octanol–water partition coefficient (Wildman–Crippen LogP) is 2.48. The molecule has 1 fully saturated rings. The quantitative estimate of drug-likeness (QED) is 0.792. The summed E-state index contributed by atoms with van der Waals surface area (Å²) in [4.78, 5) is 12.0. The molecule has 6 nitrogen and oxygen atoms in total. The van der Waals surface area contributed by atoms with Crippen molar-refractivity contribution in [2.24, 2.45) is 0 Å². The van der Waals surface area contributed by atoms with E-state index in [4.69, 9.17) is 9.26 Å². The number of nitrogens with one attached hydrogen (secondary N) is 2. The molecule has 2 unspecified atom stereocenters. The Bertz CT molecular complexity index is 467. The Morgan fingerprint density at radius 2 is 2.14 bits per heavy atom. The number of urea groups is 1. The molecule has 6 heteroatoms. The summed E-state index contributed by atoms with van der Waals surface area (Å²) in [7, 11) is 1.71. The molecule has 124 valence electrons. The summed E-state index contributed by atoms with van der Waals surface area (Å²) >= 11 is 0. The molecule has 1 aliphatic rings. The van der Waals surface area contributed by atoms with Gasteiger partial charge in [-0.05, 0) is 39.5 Å². The maximum atomic E-state index is 12.0. The molecule has 2 rings (SSSR count). The van der Waals surface area contributed by atoms with Crippen LogP contribution in [0.5, 0.6) is 0 Å². The van der Waals surface area contributed by atoms with Crippen LogP contribution in [0.2, 0.25) is 0 Å². The lowest BCUT2D eigenvalue weighted by atomic mass is 9.92. The van der Waals surface area contributed by atoms with Gasteiger partial charge in [-0.3, -0.25) is 0 Å². The Morgan fingerprint density at radius 3 is 2.82 bits per heavy atom. The third kappa shape index (κ3) is 4.47. The minimum Gasteiger partial charge on any atom is -0.379 e. The first-order chi connectivity index (χ1) is 10.6. The van der Waals surface area contributed by atoms with E-state index in [-0.39, 0.29) is 18.2 Å². The first kappa shape index (κ1) is 16.8. The van der Waals surface area contributed by atoms with Crippen molar-refractivity contribution in [1.29, 1.82) is 0 Å². The maximum Gasteiger partial charge on any atom is 0.315 e. The van der Waals surface area contributed by atoms with Crippen LogP contribution in [-0.2, 0) is 11.2 Å². The van der Waals surface area contributed by atoms with Crippen molar-refractivity contribution in [2.75, 3.05) is 13.7 Å². The second kappa shape index (κ2) is 8.17. The monoisotopic (exact) mass is 309 g/mol. The van der Waals surface area contributed by atoms with E-state index in [1.807, 2.05) is 13.8 Å². The summed E-state index contributed by atoms with van der Waals surface area (Å²) in [6.45, 7) is 4.50. The minimum absolute atomic E-state index is 0.104. The van der Waals surface area contributed by atoms with E-state index < -0.39 is 0 Å². The van der Waals surface area contributed by atoms with Crippen LogP contribution in [0.3, 0.4) is 0 Å². The first-order valence-corrected chi connectivity index (χ1v) is 8.10. The molecule has 1 heterocycles. The van der Waals surface area contributed by atoms with Gasteiger partial charge in [0.15, 0.2) is 0 Å². The SMILES string of the molecule is COC1CCCCC1NC(=O)NCCCc1c(C)noc1C. The minimum atomic E-state index is -0.104. The fourth-order valence-corrected chi connectivity index (χ4v) is 3.09. The summed E-state index contributed by atoms with van der Waals surface area (Å²) in [6, 6.07) is 0.0222. The zero-order valence-electron chi connectivity index (χ0n) is 13.8. The first-order valence-electron chi connectivity index (χ1n) is 8.10. The summed E-state index contributed by atoms with van der Waals surface area (Å²) < 4.78 is 10.6. The third-order valence-corrected chi connectivity index (χ3v) is 4.39. The van der Waals surface area contributed by atoms with E-state index in [0.717, 1.165) is 49.1 Å². The van der Waals surface area contributed by atoms with Crippen LogP contribution in [0.1, 0.15) is 49.1 Å². The molecule has 1 saturated carbocycles. The number of methoxy groups -OCH3 is 1. The van der Waals surface area contributed by atoms with Crippen molar-refractivity contribution < 1.29 is 14.1 Å². The fraction of sp³-hybridized carbons (Fsp3) is 0.750. The molecule has 0 aromatic carbocycles. The Hall–Kier alpha value is -1.56. The number of aromatic nitrogens is 1. The Balaban J connectivity index is 1.67. The highest BCUT2D eigenvalue weighted by molar-refractivity contribution is 5.74. The zero-order chi connectivity index (χ0) is 15.9. The molecule has 22 heavy (non-hydrogen) atoms. The number of nitrogens with zero attached hydrogens (tertiary/aromatic N) is 1. The molecule has 2 amide bonds. The number of aryl methyl sites for hydroxylation is 2. The average Bonchev–Trinajstić information content (AvgIpc) is 2.83. The van der Waals surface area contributed by atoms with Gasteiger partial charge in [0.25, 0.3) is 0 Å². The summed E-state index contributed by atoms with van der Waals surface area (Å²) in [6.07, 6.45) is 6.22. The Kier molecular flexibility index (Phi) is 6.24. The van der Waals surface area contributed by atoms with E-state index in [1.165, 1.54) is 6.42 Å². The molecule has 0 spiro atoms. The van der Waals surface area contributed by atoms with Crippen molar-refractivity contribution in [3.63, 3.8) is 0 Å². The summed E-state index contributed by atoms with van der Waals surface area (Å²) in [5.74, 6) is 0.868. The van der Waals surface area contributed by atoms with E-state index in [2.05, 4.69) is 15.8 Å². The second-order valence-corrected chi connectivity index (χ2v) is 5.97. The number of carbonyl (C=O) groups is 1. The molecule has 0 radical (unpaired) electrons. The molecule has 0 aliphatic heterocycles. The number of carbonyl (C=O) groups excluding carboxylic acids is 1. The number of ether oxygens (including phenoxy) is 1. The van der Waals surface area contributed by atoms with Gasteiger partial charge in [0.05, 0.1) is 17.8 Å². The van der Waals surface area contributed by atoms with Crippen LogP contribution in [-0.4, -0.2) is 37.0 Å². The zero-order valence-corrected chi connectivity index (χ0v) is 13.8. The highest BCUT2D eigenvalue weighted by atomic mass is 16.5. The highest BCUT2D eigenvalue weighted by Crippen LogP contribution is 2.20. The number of rotatable bonds is 6. The van der Waals surface area contributed by atoms with Crippen LogP contribution in [0.4, 0.5) is 4.79 Å². The lowest BCUT2D eigenvalue weighted by Gasteiger charge is -2.31. The van der Waals surface area contributed by atoms with Crippen molar-refractivity contribution in [1.82, 2.24) is 15.8 Å². The van der Waals surface area contributed by atoms with Gasteiger partial charge in [-0.1, -0.05) is 18.0 Å². The van der Waals surface area contributed by atoms with Crippen molar-refractivity contribution in [3.05, 3.63) is 17.0 Å². The summed E-state index contributed by atoms with van der Waals surface area (Å²) in [5, 5.41) is 9.89. The highest BCUT2D eigenvalue weighted by Gasteiger charge is 2.26. The number of amides is 2. The number of hydrogen-bond acceptors (Lipinski definition) is 4. The van der Waals surface area contributed by atoms with Gasteiger partial charge in [0.2, 0.25) is 0 Å². The maximum absolute atomic E-state index is 12.0. The van der Waals surface area contributed by atoms with Gasteiger partial charge < -0.3 is 19.9 Å². The van der Waals surface area contributed by atoms with E-state index in [0.29, 0.717) is 6.54 Å². The van der Waals surface area contributed by atoms with E-state index >= 15 is 0 Å². The van der Waals surface area contributed by atoms with Gasteiger partial charge in [0.1, 0.15) is 5.76 Å². The molecular weight excluding hydrogens is 282 g/mol. The van der Waals surface area contributed by atoms with Crippen LogP contribution in [0.25, 0.3) is 0 Å². The Morgan fingerprint density at radius 1 is 1.36 bits per heavy atom. The van der Waals surface area contributed by atoms with E-state index in [1.54, 1.807) is 7.11 Å². The molecule has 2 N–H and O–H groups in total. The lowest BCUT2D eigenvalue weighted by molar-refractivity contribution is 0.0452. The molecule has 2 atom stereocenters. The van der Waals surface area contributed by atoms with Crippen molar-refractivity contribution in [2.45, 2.75) is 64.5 Å². The lowest BCUT2D eigenvalue weighted by Crippen LogP contribution is -2.49. The Labute approximate surface area is 132 Å².